The Morgan fingerprint density at radius 3 is 2.53 bits per heavy atom. The minimum absolute atomic E-state index is 0.0642. The molecule has 0 bridgehead atoms. The molecule has 34 heavy (non-hydrogen) atoms. The monoisotopic (exact) mass is 457 g/mol. The number of hydrogen-bond donors (Lipinski definition) is 1. The molecular weight excluding hydrogens is 430 g/mol. The zero-order valence-electron chi connectivity index (χ0n) is 19.3. The van der Waals surface area contributed by atoms with Crippen molar-refractivity contribution in [3.05, 3.63) is 76.3 Å². The number of amides is 1. The number of nitrogens with one attached hydrogen (secondary N) is 1. The first kappa shape index (κ1) is 21.9. The molecule has 0 saturated heterocycles. The van der Waals surface area contributed by atoms with E-state index in [2.05, 4.69) is 10.4 Å². The van der Waals surface area contributed by atoms with Crippen LogP contribution < -0.4 is 15.6 Å². The van der Waals surface area contributed by atoms with E-state index < -0.39 is 0 Å². The molecule has 0 spiro atoms. The maximum Gasteiger partial charge on any atom is 0.274 e. The molecule has 8 nitrogen and oxygen atoms in total. The Morgan fingerprint density at radius 1 is 1.06 bits per heavy atom. The molecular formula is C26H27N5O3. The van der Waals surface area contributed by atoms with Crippen LogP contribution in [-0.4, -0.2) is 32.6 Å². The highest BCUT2D eigenvalue weighted by atomic mass is 16.5. The second-order valence-corrected chi connectivity index (χ2v) is 8.60. The molecule has 2 heterocycles. The summed E-state index contributed by atoms with van der Waals surface area (Å²) >= 11 is 0. The Labute approximate surface area is 197 Å². The maximum absolute atomic E-state index is 13.1. The van der Waals surface area contributed by atoms with Crippen molar-refractivity contribution in [3.8, 4) is 17.0 Å². The molecule has 2 aromatic carbocycles. The van der Waals surface area contributed by atoms with Crippen molar-refractivity contribution >= 4 is 16.7 Å². The van der Waals surface area contributed by atoms with Crippen molar-refractivity contribution in [2.75, 3.05) is 7.11 Å². The number of para-hydroxylation sites is 1. The van der Waals surface area contributed by atoms with Crippen molar-refractivity contribution < 1.29 is 9.53 Å². The van der Waals surface area contributed by atoms with Crippen LogP contribution in [0.2, 0.25) is 0 Å². The van der Waals surface area contributed by atoms with Gasteiger partial charge in [-0.15, -0.1) is 0 Å². The van der Waals surface area contributed by atoms with Gasteiger partial charge in [-0.3, -0.25) is 14.3 Å². The number of methoxy groups -OCH3 is 1. The number of carbonyl (C=O) groups is 1. The summed E-state index contributed by atoms with van der Waals surface area (Å²) in [7, 11) is 3.35. The summed E-state index contributed by atoms with van der Waals surface area (Å²) in [6, 6.07) is 16.9. The molecule has 0 radical (unpaired) electrons. The van der Waals surface area contributed by atoms with Gasteiger partial charge in [0.25, 0.3) is 11.5 Å². The lowest BCUT2D eigenvalue weighted by atomic mass is 10.1. The molecule has 0 unspecified atom stereocenters. The second kappa shape index (κ2) is 9.13. The molecule has 1 aliphatic carbocycles. The van der Waals surface area contributed by atoms with Gasteiger partial charge in [0.2, 0.25) is 0 Å². The molecule has 5 rings (SSSR count). The Kier molecular flexibility index (Phi) is 5.88. The first-order valence-corrected chi connectivity index (χ1v) is 11.5. The summed E-state index contributed by atoms with van der Waals surface area (Å²) in [5.74, 6) is 0.429. The van der Waals surface area contributed by atoms with E-state index in [0.717, 1.165) is 36.6 Å². The molecule has 1 fully saturated rings. The third kappa shape index (κ3) is 3.96. The van der Waals surface area contributed by atoms with E-state index in [4.69, 9.17) is 9.84 Å². The predicted octanol–water partition coefficient (Wildman–Crippen LogP) is 3.85. The lowest BCUT2D eigenvalue weighted by Crippen LogP contribution is -2.30. The molecule has 2 aromatic heterocycles. The molecule has 1 aliphatic rings. The fourth-order valence-electron chi connectivity index (χ4n) is 4.72. The molecule has 1 amide bonds. The van der Waals surface area contributed by atoms with Crippen LogP contribution in [-0.2, 0) is 13.6 Å². The zero-order valence-corrected chi connectivity index (χ0v) is 19.3. The largest absolute Gasteiger partial charge is 0.496 e. The third-order valence-electron chi connectivity index (χ3n) is 6.49. The molecule has 0 aliphatic heterocycles. The van der Waals surface area contributed by atoms with Crippen LogP contribution in [0.5, 0.6) is 5.75 Å². The minimum Gasteiger partial charge on any atom is -0.496 e. The SMILES string of the molecule is COc1ccccc1-c1cc(C(=O)NCc2nn(C3CCCC3)c(=O)c3ccccc23)n(C)n1. The molecule has 8 heteroatoms. The van der Waals surface area contributed by atoms with Gasteiger partial charge < -0.3 is 10.1 Å². The highest BCUT2D eigenvalue weighted by Gasteiger charge is 2.22. The minimum atomic E-state index is -0.263. The van der Waals surface area contributed by atoms with Crippen LogP contribution in [0.1, 0.15) is 47.9 Å². The van der Waals surface area contributed by atoms with Crippen molar-refractivity contribution in [2.24, 2.45) is 7.05 Å². The van der Waals surface area contributed by atoms with Gasteiger partial charge in [0, 0.05) is 18.0 Å². The maximum atomic E-state index is 13.1. The molecule has 0 atom stereocenters. The van der Waals surface area contributed by atoms with E-state index in [1.165, 1.54) is 0 Å². The topological polar surface area (TPSA) is 91.0 Å². The van der Waals surface area contributed by atoms with Gasteiger partial charge in [-0.1, -0.05) is 43.2 Å². The number of benzene rings is 2. The number of nitrogens with zero attached hydrogens (tertiary/aromatic N) is 4. The Hall–Kier alpha value is -3.94. The standard InChI is InChI=1S/C26H27N5O3/c1-30-23(15-21(28-30)20-13-7-8-14-24(20)34-2)25(32)27-16-22-18-11-5-6-12-19(18)26(33)31(29-22)17-9-3-4-10-17/h5-8,11-15,17H,3-4,9-10,16H2,1-2H3,(H,27,32). The lowest BCUT2D eigenvalue weighted by molar-refractivity contribution is 0.0941. The van der Waals surface area contributed by atoms with E-state index in [9.17, 15) is 9.59 Å². The highest BCUT2D eigenvalue weighted by Crippen LogP contribution is 2.30. The van der Waals surface area contributed by atoms with Crippen LogP contribution in [0.15, 0.2) is 59.4 Å². The van der Waals surface area contributed by atoms with Crippen LogP contribution in [0.3, 0.4) is 0 Å². The van der Waals surface area contributed by atoms with Gasteiger partial charge in [-0.05, 0) is 37.1 Å². The smallest absolute Gasteiger partial charge is 0.274 e. The fraction of sp³-hybridized carbons (Fsp3) is 0.308. The average Bonchev–Trinajstić information content (AvgIpc) is 3.54. The summed E-state index contributed by atoms with van der Waals surface area (Å²) < 4.78 is 8.62. The predicted molar refractivity (Wildman–Crippen MR) is 130 cm³/mol. The normalized spacial score (nSPS) is 13.9. The van der Waals surface area contributed by atoms with E-state index >= 15 is 0 Å². The van der Waals surface area contributed by atoms with E-state index in [1.807, 2.05) is 48.5 Å². The summed E-state index contributed by atoms with van der Waals surface area (Å²) in [6.45, 7) is 0.210. The van der Waals surface area contributed by atoms with Crippen LogP contribution in [0, 0.1) is 0 Å². The lowest BCUT2D eigenvalue weighted by Gasteiger charge is -2.16. The Morgan fingerprint density at radius 2 is 1.76 bits per heavy atom. The molecule has 174 valence electrons. The average molecular weight is 458 g/mol. The number of rotatable bonds is 6. The van der Waals surface area contributed by atoms with Crippen LogP contribution in [0.4, 0.5) is 0 Å². The van der Waals surface area contributed by atoms with Crippen LogP contribution in [0.25, 0.3) is 22.0 Å². The van der Waals surface area contributed by atoms with E-state index in [-0.39, 0.29) is 24.1 Å². The van der Waals surface area contributed by atoms with Gasteiger partial charge in [0.05, 0.1) is 36.5 Å². The summed E-state index contributed by atoms with van der Waals surface area (Å²) in [5.41, 5.74) is 2.52. The zero-order chi connectivity index (χ0) is 23.7. The quantitative estimate of drug-likeness (QED) is 0.475. The number of ether oxygens (including phenoxy) is 1. The molecule has 1 N–H and O–H groups in total. The van der Waals surface area contributed by atoms with Gasteiger partial charge in [-0.25, -0.2) is 4.68 Å². The fourth-order valence-corrected chi connectivity index (χ4v) is 4.72. The summed E-state index contributed by atoms with van der Waals surface area (Å²) in [6.07, 6.45) is 4.12. The van der Waals surface area contributed by atoms with Crippen molar-refractivity contribution in [2.45, 2.75) is 38.3 Å². The Balaban J connectivity index is 1.43. The second-order valence-electron chi connectivity index (χ2n) is 8.60. The van der Waals surface area contributed by atoms with E-state index in [0.29, 0.717) is 28.2 Å². The highest BCUT2D eigenvalue weighted by molar-refractivity contribution is 5.94. The first-order chi connectivity index (χ1) is 16.6. The number of fused-ring (bicyclic) bond motifs is 1. The van der Waals surface area contributed by atoms with Gasteiger partial charge in [0.15, 0.2) is 0 Å². The van der Waals surface area contributed by atoms with Crippen molar-refractivity contribution in [1.29, 1.82) is 0 Å². The van der Waals surface area contributed by atoms with Crippen molar-refractivity contribution in [3.63, 3.8) is 0 Å². The molecule has 4 aromatic rings. The number of aromatic nitrogens is 4. The summed E-state index contributed by atoms with van der Waals surface area (Å²) in [4.78, 5) is 26.1. The number of aryl methyl sites for hydroxylation is 1. The van der Waals surface area contributed by atoms with Gasteiger partial charge in [0.1, 0.15) is 11.4 Å². The number of carbonyl (C=O) groups excluding carboxylic acids is 1. The van der Waals surface area contributed by atoms with Crippen LogP contribution >= 0.6 is 0 Å². The molecule has 1 saturated carbocycles. The first-order valence-electron chi connectivity index (χ1n) is 11.5. The van der Waals surface area contributed by atoms with Gasteiger partial charge in [-0.2, -0.15) is 10.2 Å². The van der Waals surface area contributed by atoms with E-state index in [1.54, 1.807) is 29.6 Å². The van der Waals surface area contributed by atoms with Gasteiger partial charge >= 0.3 is 0 Å². The third-order valence-corrected chi connectivity index (χ3v) is 6.49. The number of hydrogen-bond acceptors (Lipinski definition) is 5. The summed E-state index contributed by atoms with van der Waals surface area (Å²) in [5, 5.41) is 13.6. The Bertz CT molecular complexity index is 1420. The van der Waals surface area contributed by atoms with Crippen molar-refractivity contribution in [1.82, 2.24) is 24.9 Å².